The van der Waals surface area contributed by atoms with E-state index in [9.17, 15) is 14.9 Å². The molecule has 0 aliphatic heterocycles. The van der Waals surface area contributed by atoms with E-state index >= 15 is 0 Å². The molecule has 0 saturated heterocycles. The van der Waals surface area contributed by atoms with Crippen molar-refractivity contribution in [2.45, 2.75) is 19.4 Å². The summed E-state index contributed by atoms with van der Waals surface area (Å²) in [5, 5.41) is 9.92. The van der Waals surface area contributed by atoms with Gasteiger partial charge in [-0.15, -0.1) is 0 Å². The van der Waals surface area contributed by atoms with Gasteiger partial charge >= 0.3 is 0 Å². The van der Waals surface area contributed by atoms with Crippen LogP contribution in [0.4, 0.5) is 5.69 Å². The molecule has 92 valence electrons. The lowest BCUT2D eigenvalue weighted by Gasteiger charge is -2.22. The Balaban J connectivity index is 3.10. The molecule has 0 aromatic heterocycles. The lowest BCUT2D eigenvalue weighted by Crippen LogP contribution is -2.35. The first-order chi connectivity index (χ1) is 7.74. The molecule has 0 spiro atoms. The number of halogens is 2. The molecule has 0 unspecified atom stereocenters. The topological polar surface area (TPSA) is 69.4 Å². The first-order valence-corrected chi connectivity index (χ1v) is 5.74. The fraction of sp³-hybridized carbons (Fsp3) is 0.300. The smallest absolute Gasteiger partial charge is 0.273 e. The first kappa shape index (κ1) is 13.9. The Kier molecular flexibility index (Phi) is 4.11. The Labute approximate surface area is 111 Å². The Bertz CT molecular complexity index is 475. The first-order valence-electron chi connectivity index (χ1n) is 4.57. The summed E-state index contributed by atoms with van der Waals surface area (Å²) in [4.78, 5) is 21.2. The van der Waals surface area contributed by atoms with Crippen molar-refractivity contribution in [3.8, 4) is 5.75 Å². The summed E-state index contributed by atoms with van der Waals surface area (Å²) in [5.74, 6) is 0.193. The van der Waals surface area contributed by atoms with Crippen molar-refractivity contribution in [1.82, 2.24) is 0 Å². The highest BCUT2D eigenvalue weighted by molar-refractivity contribution is 9.10. The number of nitro groups is 1. The summed E-state index contributed by atoms with van der Waals surface area (Å²) >= 11 is 8.54. The van der Waals surface area contributed by atoms with Crippen molar-refractivity contribution < 1.29 is 14.5 Å². The lowest BCUT2D eigenvalue weighted by molar-refractivity contribution is -0.385. The molecule has 7 heteroatoms. The van der Waals surface area contributed by atoms with Crippen molar-refractivity contribution in [3.63, 3.8) is 0 Å². The van der Waals surface area contributed by atoms with E-state index in [1.165, 1.54) is 32.0 Å². The van der Waals surface area contributed by atoms with Crippen LogP contribution in [-0.4, -0.2) is 15.8 Å². The van der Waals surface area contributed by atoms with Crippen LogP contribution in [0.2, 0.25) is 0 Å². The average Bonchev–Trinajstić information content (AvgIpc) is 2.20. The Morgan fingerprint density at radius 1 is 1.53 bits per heavy atom. The second-order valence-corrected chi connectivity index (χ2v) is 4.96. The van der Waals surface area contributed by atoms with Gasteiger partial charge in [-0.3, -0.25) is 14.9 Å². The third-order valence-corrected chi connectivity index (χ3v) is 3.07. The third-order valence-electron chi connectivity index (χ3n) is 1.96. The number of carbonyl (C=O) groups is 1. The number of nitro benzene ring substituents is 1. The molecule has 5 nitrogen and oxygen atoms in total. The average molecular weight is 323 g/mol. The SMILES string of the molecule is CC(C)(Oc1cc([N+](=O)[O-])ccc1Br)C(=O)Cl. The number of nitrogens with zero attached hydrogens (tertiary/aromatic N) is 1. The zero-order chi connectivity index (χ0) is 13.2. The molecule has 0 fully saturated rings. The zero-order valence-electron chi connectivity index (χ0n) is 9.07. The summed E-state index contributed by atoms with van der Waals surface area (Å²) < 4.78 is 5.86. The van der Waals surface area contributed by atoms with E-state index in [0.717, 1.165) is 0 Å². The predicted molar refractivity (Wildman–Crippen MR) is 66.4 cm³/mol. The number of rotatable bonds is 4. The quantitative estimate of drug-likeness (QED) is 0.484. The molecule has 0 bridgehead atoms. The Hall–Kier alpha value is -1.14. The molecular weight excluding hydrogens is 313 g/mol. The minimum Gasteiger partial charge on any atom is -0.477 e. The largest absolute Gasteiger partial charge is 0.477 e. The zero-order valence-corrected chi connectivity index (χ0v) is 11.4. The molecule has 0 amide bonds. The van der Waals surface area contributed by atoms with Gasteiger partial charge in [0.1, 0.15) is 5.75 Å². The van der Waals surface area contributed by atoms with E-state index in [1.807, 2.05) is 0 Å². The van der Waals surface area contributed by atoms with Gasteiger partial charge in [0.2, 0.25) is 0 Å². The van der Waals surface area contributed by atoms with Crippen LogP contribution >= 0.6 is 27.5 Å². The van der Waals surface area contributed by atoms with E-state index in [4.69, 9.17) is 16.3 Å². The summed E-state index contributed by atoms with van der Waals surface area (Å²) in [6.45, 7) is 2.96. The Morgan fingerprint density at radius 2 is 2.12 bits per heavy atom. The van der Waals surface area contributed by atoms with Crippen LogP contribution < -0.4 is 4.74 Å². The molecular formula is C10H9BrClNO4. The molecule has 0 radical (unpaired) electrons. The van der Waals surface area contributed by atoms with Crippen molar-refractivity contribution in [2.75, 3.05) is 0 Å². The van der Waals surface area contributed by atoms with Gasteiger partial charge in [-0.05, 0) is 47.4 Å². The van der Waals surface area contributed by atoms with Crippen molar-refractivity contribution in [3.05, 3.63) is 32.8 Å². The van der Waals surface area contributed by atoms with Gasteiger partial charge < -0.3 is 4.74 Å². The molecule has 1 aromatic carbocycles. The standard InChI is InChI=1S/C10H9BrClNO4/c1-10(2,9(12)14)17-8-5-6(13(15)16)3-4-7(8)11/h3-5H,1-2H3. The molecule has 0 heterocycles. The molecule has 1 rings (SSSR count). The summed E-state index contributed by atoms with van der Waals surface area (Å²) in [6.07, 6.45) is 0. The third kappa shape index (κ3) is 3.41. The molecule has 0 aliphatic rings. The highest BCUT2D eigenvalue weighted by Gasteiger charge is 2.29. The molecule has 0 aliphatic carbocycles. The number of non-ortho nitro benzene ring substituents is 1. The van der Waals surface area contributed by atoms with Gasteiger partial charge in [0, 0.05) is 6.07 Å². The second-order valence-electron chi connectivity index (χ2n) is 3.76. The maximum atomic E-state index is 11.1. The highest BCUT2D eigenvalue weighted by atomic mass is 79.9. The van der Waals surface area contributed by atoms with Gasteiger partial charge in [0.25, 0.3) is 10.9 Å². The van der Waals surface area contributed by atoms with Crippen molar-refractivity contribution in [2.24, 2.45) is 0 Å². The Morgan fingerprint density at radius 3 is 2.59 bits per heavy atom. The van der Waals surface area contributed by atoms with E-state index in [2.05, 4.69) is 15.9 Å². The summed E-state index contributed by atoms with van der Waals surface area (Å²) in [7, 11) is 0. The van der Waals surface area contributed by atoms with E-state index in [0.29, 0.717) is 4.47 Å². The minimum absolute atomic E-state index is 0.124. The number of hydrogen-bond acceptors (Lipinski definition) is 4. The van der Waals surface area contributed by atoms with Crippen LogP contribution in [0.1, 0.15) is 13.8 Å². The van der Waals surface area contributed by atoms with Gasteiger partial charge in [-0.1, -0.05) is 0 Å². The number of carbonyl (C=O) groups excluding carboxylic acids is 1. The summed E-state index contributed by atoms with van der Waals surface area (Å²) in [5.41, 5.74) is -1.37. The maximum absolute atomic E-state index is 11.1. The van der Waals surface area contributed by atoms with Crippen molar-refractivity contribution >= 4 is 38.5 Å². The van der Waals surface area contributed by atoms with E-state index in [-0.39, 0.29) is 11.4 Å². The van der Waals surface area contributed by atoms with Crippen molar-refractivity contribution in [1.29, 1.82) is 0 Å². The van der Waals surface area contributed by atoms with Crippen LogP contribution in [0.5, 0.6) is 5.75 Å². The maximum Gasteiger partial charge on any atom is 0.273 e. The molecule has 1 aromatic rings. The van der Waals surface area contributed by atoms with Gasteiger partial charge in [-0.25, -0.2) is 0 Å². The van der Waals surface area contributed by atoms with Crippen LogP contribution in [0.15, 0.2) is 22.7 Å². The fourth-order valence-corrected chi connectivity index (χ4v) is 1.36. The number of benzene rings is 1. The number of hydrogen-bond donors (Lipinski definition) is 0. The monoisotopic (exact) mass is 321 g/mol. The molecule has 0 atom stereocenters. The normalized spacial score (nSPS) is 11.1. The van der Waals surface area contributed by atoms with Gasteiger partial charge in [0.15, 0.2) is 5.60 Å². The van der Waals surface area contributed by atoms with Gasteiger partial charge in [0.05, 0.1) is 15.5 Å². The lowest BCUT2D eigenvalue weighted by atomic mass is 10.1. The van der Waals surface area contributed by atoms with Gasteiger partial charge in [-0.2, -0.15) is 0 Å². The van der Waals surface area contributed by atoms with Crippen LogP contribution in [-0.2, 0) is 4.79 Å². The number of ether oxygens (including phenoxy) is 1. The summed E-state index contributed by atoms with van der Waals surface area (Å²) in [6, 6.07) is 4.03. The minimum atomic E-state index is -1.25. The molecule has 0 N–H and O–H groups in total. The van der Waals surface area contributed by atoms with Crippen LogP contribution in [0.3, 0.4) is 0 Å². The molecule has 0 saturated carbocycles. The van der Waals surface area contributed by atoms with E-state index in [1.54, 1.807) is 0 Å². The van der Waals surface area contributed by atoms with Crippen LogP contribution in [0.25, 0.3) is 0 Å². The predicted octanol–water partition coefficient (Wildman–Crippen LogP) is 3.28. The van der Waals surface area contributed by atoms with Crippen LogP contribution in [0, 0.1) is 10.1 Å². The van der Waals surface area contributed by atoms with E-state index < -0.39 is 15.8 Å². The fourth-order valence-electron chi connectivity index (χ4n) is 0.999. The molecule has 17 heavy (non-hydrogen) atoms. The second kappa shape index (κ2) is 5.01. The highest BCUT2D eigenvalue weighted by Crippen LogP contribution is 2.32.